The molecule has 3 aliphatic heterocycles. The number of piperazine rings is 1. The topological polar surface area (TPSA) is 113 Å². The van der Waals surface area contributed by atoms with Gasteiger partial charge in [-0.1, -0.05) is 48.5 Å². The first kappa shape index (κ1) is 21.1. The molecule has 3 fully saturated rings. The van der Waals surface area contributed by atoms with Crippen LogP contribution in [-0.2, 0) is 16.1 Å². The number of likely N-dealkylation sites (tertiary alicyclic amines) is 1. The van der Waals surface area contributed by atoms with E-state index in [4.69, 9.17) is 4.74 Å². The van der Waals surface area contributed by atoms with Gasteiger partial charge in [-0.2, -0.15) is 0 Å². The monoisotopic (exact) mass is 472 g/mol. The molecule has 0 aromatic heterocycles. The number of nitro benzene ring substituents is 1. The number of urea groups is 1. The Balaban J connectivity index is 1.28. The van der Waals surface area contributed by atoms with Gasteiger partial charge in [-0.05, 0) is 24.1 Å². The van der Waals surface area contributed by atoms with Crippen LogP contribution in [0.1, 0.15) is 12.0 Å². The Kier molecular flexibility index (Phi) is 4.70. The van der Waals surface area contributed by atoms with Gasteiger partial charge in [-0.15, -0.1) is 0 Å². The molecular weight excluding hydrogens is 452 g/mol. The molecular formula is C25H20N4O6. The molecule has 3 aromatic carbocycles. The lowest BCUT2D eigenvalue weighted by atomic mass is 10.1. The van der Waals surface area contributed by atoms with Crippen LogP contribution < -0.4 is 4.90 Å². The van der Waals surface area contributed by atoms with Crippen LogP contribution in [0.15, 0.2) is 66.7 Å². The third-order valence-corrected chi connectivity index (χ3v) is 7.02. The zero-order valence-electron chi connectivity index (χ0n) is 18.4. The quantitative estimate of drug-likeness (QED) is 0.325. The largest absolute Gasteiger partial charge is 0.445 e. The van der Waals surface area contributed by atoms with Crippen LogP contribution in [0, 0.1) is 10.1 Å². The molecule has 3 aliphatic rings. The third kappa shape index (κ3) is 3.13. The van der Waals surface area contributed by atoms with E-state index in [1.165, 1.54) is 17.0 Å². The molecule has 176 valence electrons. The van der Waals surface area contributed by atoms with Crippen molar-refractivity contribution in [3.05, 3.63) is 82.4 Å². The van der Waals surface area contributed by atoms with Gasteiger partial charge in [0.25, 0.3) is 11.6 Å². The summed E-state index contributed by atoms with van der Waals surface area (Å²) in [5, 5.41) is 12.3. The second-order valence-corrected chi connectivity index (χ2v) is 8.86. The molecule has 3 heterocycles. The summed E-state index contributed by atoms with van der Waals surface area (Å²) < 4.78 is 5.47. The molecule has 0 aliphatic carbocycles. The number of benzene rings is 3. The first-order chi connectivity index (χ1) is 17.0. The van der Waals surface area contributed by atoms with Gasteiger partial charge >= 0.3 is 12.1 Å². The van der Waals surface area contributed by atoms with Gasteiger partial charge in [0.15, 0.2) is 0 Å². The summed E-state index contributed by atoms with van der Waals surface area (Å²) in [7, 11) is 0. The molecule has 6 rings (SSSR count). The Morgan fingerprint density at radius 1 is 1.00 bits per heavy atom. The first-order valence-electron chi connectivity index (χ1n) is 11.3. The highest BCUT2D eigenvalue weighted by molar-refractivity contribution is 6.25. The number of nitro groups is 1. The molecule has 0 spiro atoms. The van der Waals surface area contributed by atoms with Gasteiger partial charge < -0.3 is 14.5 Å². The molecule has 2 bridgehead atoms. The van der Waals surface area contributed by atoms with Crippen molar-refractivity contribution in [2.24, 2.45) is 0 Å². The molecule has 3 atom stereocenters. The zero-order chi connectivity index (χ0) is 24.3. The number of amides is 4. The van der Waals surface area contributed by atoms with E-state index in [-0.39, 0.29) is 18.3 Å². The highest BCUT2D eigenvalue weighted by atomic mass is 16.6. The smallest absolute Gasteiger partial charge is 0.410 e. The van der Waals surface area contributed by atoms with Crippen molar-refractivity contribution in [3.63, 3.8) is 0 Å². The molecule has 10 heteroatoms. The van der Waals surface area contributed by atoms with Crippen molar-refractivity contribution in [1.82, 2.24) is 9.80 Å². The van der Waals surface area contributed by atoms with E-state index in [0.717, 1.165) is 10.5 Å². The minimum atomic E-state index is -0.806. The summed E-state index contributed by atoms with van der Waals surface area (Å²) in [5.41, 5.74) is 1.06. The van der Waals surface area contributed by atoms with Crippen LogP contribution in [-0.4, -0.2) is 57.4 Å². The molecule has 3 saturated heterocycles. The van der Waals surface area contributed by atoms with Crippen molar-refractivity contribution in [2.75, 3.05) is 11.4 Å². The fourth-order valence-corrected chi connectivity index (χ4v) is 5.52. The van der Waals surface area contributed by atoms with Crippen LogP contribution in [0.2, 0.25) is 0 Å². The van der Waals surface area contributed by atoms with Crippen LogP contribution in [0.5, 0.6) is 0 Å². The normalized spacial score (nSPS) is 22.7. The van der Waals surface area contributed by atoms with Crippen molar-refractivity contribution in [3.8, 4) is 0 Å². The van der Waals surface area contributed by atoms with Gasteiger partial charge in [0.05, 0.1) is 28.1 Å². The van der Waals surface area contributed by atoms with E-state index in [9.17, 15) is 24.5 Å². The molecule has 0 radical (unpaired) electrons. The van der Waals surface area contributed by atoms with E-state index in [1.807, 2.05) is 30.3 Å². The molecule has 0 N–H and O–H groups in total. The highest BCUT2D eigenvalue weighted by Crippen LogP contribution is 2.44. The highest BCUT2D eigenvalue weighted by Gasteiger charge is 2.63. The Morgan fingerprint density at radius 2 is 1.74 bits per heavy atom. The lowest BCUT2D eigenvalue weighted by Gasteiger charge is -2.34. The molecule has 4 amide bonds. The molecule has 3 unspecified atom stereocenters. The Bertz CT molecular complexity index is 1390. The summed E-state index contributed by atoms with van der Waals surface area (Å²) in [5.74, 6) is -0.443. The third-order valence-electron chi connectivity index (χ3n) is 7.02. The predicted molar refractivity (Wildman–Crippen MR) is 125 cm³/mol. The number of ether oxygens (including phenoxy) is 1. The number of imide groups is 1. The van der Waals surface area contributed by atoms with Gasteiger partial charge in [-0.3, -0.25) is 14.9 Å². The van der Waals surface area contributed by atoms with Crippen molar-refractivity contribution >= 4 is 40.2 Å². The molecule has 10 nitrogen and oxygen atoms in total. The van der Waals surface area contributed by atoms with E-state index < -0.39 is 35.0 Å². The number of anilines is 1. The number of nitrogens with zero attached hydrogens (tertiary/aromatic N) is 4. The molecule has 0 saturated carbocycles. The number of non-ortho nitro benzene ring substituents is 1. The maximum absolute atomic E-state index is 13.5. The summed E-state index contributed by atoms with van der Waals surface area (Å²) in [4.78, 5) is 54.9. The second-order valence-electron chi connectivity index (χ2n) is 8.86. The lowest BCUT2D eigenvalue weighted by Crippen LogP contribution is -2.54. The van der Waals surface area contributed by atoms with Crippen molar-refractivity contribution < 1.29 is 24.0 Å². The van der Waals surface area contributed by atoms with E-state index >= 15 is 0 Å². The van der Waals surface area contributed by atoms with Crippen LogP contribution >= 0.6 is 0 Å². The van der Waals surface area contributed by atoms with E-state index in [0.29, 0.717) is 29.4 Å². The Labute approximate surface area is 199 Å². The van der Waals surface area contributed by atoms with Gasteiger partial charge in [0.1, 0.15) is 12.6 Å². The first-order valence-corrected chi connectivity index (χ1v) is 11.3. The predicted octanol–water partition coefficient (Wildman–Crippen LogP) is 3.68. The van der Waals surface area contributed by atoms with E-state index in [2.05, 4.69) is 0 Å². The van der Waals surface area contributed by atoms with Crippen LogP contribution in [0.4, 0.5) is 21.0 Å². The number of rotatable bonds is 4. The maximum Gasteiger partial charge on any atom is 0.410 e. The molecule has 35 heavy (non-hydrogen) atoms. The van der Waals surface area contributed by atoms with Crippen LogP contribution in [0.3, 0.4) is 0 Å². The SMILES string of the molecule is O=C1C2C3CC(CN3C(=O)OCc3ccccc3)N2C(=O)N1c1cccc2c([N+](=O)[O-])cccc12. The van der Waals surface area contributed by atoms with Gasteiger partial charge in [0, 0.05) is 18.0 Å². The minimum Gasteiger partial charge on any atom is -0.445 e. The molecule has 3 aromatic rings. The zero-order valence-corrected chi connectivity index (χ0v) is 18.4. The van der Waals surface area contributed by atoms with Gasteiger partial charge in [-0.25, -0.2) is 14.5 Å². The van der Waals surface area contributed by atoms with Crippen molar-refractivity contribution in [1.29, 1.82) is 0 Å². The summed E-state index contributed by atoms with van der Waals surface area (Å²) in [6, 6.07) is 16.6. The van der Waals surface area contributed by atoms with Crippen LogP contribution in [0.25, 0.3) is 10.8 Å². The fourth-order valence-electron chi connectivity index (χ4n) is 5.52. The lowest BCUT2D eigenvalue weighted by molar-refractivity contribution is -0.383. The number of hydrogen-bond donors (Lipinski definition) is 0. The summed E-state index contributed by atoms with van der Waals surface area (Å²) >= 11 is 0. The maximum atomic E-state index is 13.5. The fraction of sp³-hybridized carbons (Fsp3) is 0.240. The minimum absolute atomic E-state index is 0.101. The summed E-state index contributed by atoms with van der Waals surface area (Å²) in [6.45, 7) is 0.415. The van der Waals surface area contributed by atoms with E-state index in [1.54, 1.807) is 29.2 Å². The van der Waals surface area contributed by atoms with Gasteiger partial charge in [0.2, 0.25) is 0 Å². The summed E-state index contributed by atoms with van der Waals surface area (Å²) in [6.07, 6.45) is -0.00210. The average Bonchev–Trinajstić information content (AvgIpc) is 3.54. The number of hydrogen-bond acceptors (Lipinski definition) is 6. The Morgan fingerprint density at radius 3 is 2.51 bits per heavy atom. The van der Waals surface area contributed by atoms with Crippen molar-refractivity contribution in [2.45, 2.75) is 31.2 Å². The second kappa shape index (κ2) is 7.79. The average molecular weight is 472 g/mol. The standard InChI is InChI=1S/C25H20N4O6/c30-23-22-21-12-16(13-26(21)25(32)35-14-15-6-2-1-3-7-15)27(22)24(31)28(23)19-10-4-9-18-17(19)8-5-11-20(18)29(33)34/h1-11,16,21-22H,12-14H2. The number of carbonyl (C=O) groups excluding carboxylic acids is 3. The number of fused-ring (bicyclic) bond motifs is 6. The number of carbonyl (C=O) groups is 3. The Hall–Kier alpha value is -4.47.